The monoisotopic (exact) mass is 414 g/mol. The van der Waals surface area contributed by atoms with E-state index in [0.29, 0.717) is 37.8 Å². The standard InChI is InChI=1S/C19H31FN4O3S/c1-3-21-19(23-13-16-7-8-18(20)15(2)12-16)22-9-11-28(25,26)24-14-17-6-4-5-10-27-17/h7-8,12,17,24H,3-6,9-11,13-14H2,1-2H3,(H2,21,22,23). The average Bonchev–Trinajstić information content (AvgIpc) is 2.68. The first-order valence-corrected chi connectivity index (χ1v) is 11.4. The first-order valence-electron chi connectivity index (χ1n) is 9.76. The Morgan fingerprint density at radius 2 is 2.14 bits per heavy atom. The highest BCUT2D eigenvalue weighted by atomic mass is 32.2. The predicted octanol–water partition coefficient (Wildman–Crippen LogP) is 1.68. The Kier molecular flexibility index (Phi) is 9.14. The summed E-state index contributed by atoms with van der Waals surface area (Å²) in [6.07, 6.45) is 2.97. The topological polar surface area (TPSA) is 91.8 Å². The largest absolute Gasteiger partial charge is 0.377 e. The molecular formula is C19H31FN4O3S. The summed E-state index contributed by atoms with van der Waals surface area (Å²) in [6, 6.07) is 4.87. The number of ether oxygens (including phenoxy) is 1. The third-order valence-electron chi connectivity index (χ3n) is 4.45. The normalized spacial score (nSPS) is 18.1. The molecule has 1 saturated heterocycles. The molecule has 2 rings (SSSR count). The lowest BCUT2D eigenvalue weighted by Gasteiger charge is -2.22. The smallest absolute Gasteiger partial charge is 0.213 e. The molecule has 0 aliphatic carbocycles. The Hall–Kier alpha value is -1.71. The zero-order chi connectivity index (χ0) is 20.4. The van der Waals surface area contributed by atoms with Gasteiger partial charge in [-0.1, -0.05) is 12.1 Å². The zero-order valence-corrected chi connectivity index (χ0v) is 17.4. The van der Waals surface area contributed by atoms with Crippen LogP contribution in [0.2, 0.25) is 0 Å². The van der Waals surface area contributed by atoms with Crippen molar-refractivity contribution in [3.05, 3.63) is 35.1 Å². The summed E-state index contributed by atoms with van der Waals surface area (Å²) in [5.41, 5.74) is 1.46. The second-order valence-corrected chi connectivity index (χ2v) is 8.79. The van der Waals surface area contributed by atoms with Gasteiger partial charge >= 0.3 is 0 Å². The van der Waals surface area contributed by atoms with Crippen LogP contribution in [0.15, 0.2) is 23.2 Å². The van der Waals surface area contributed by atoms with E-state index in [4.69, 9.17) is 4.74 Å². The van der Waals surface area contributed by atoms with E-state index in [0.717, 1.165) is 24.8 Å². The number of guanidine groups is 1. The maximum absolute atomic E-state index is 13.3. The third-order valence-corrected chi connectivity index (χ3v) is 5.80. The van der Waals surface area contributed by atoms with Gasteiger partial charge in [0.2, 0.25) is 10.0 Å². The lowest BCUT2D eigenvalue weighted by Crippen LogP contribution is -2.42. The van der Waals surface area contributed by atoms with E-state index < -0.39 is 10.0 Å². The number of hydrogen-bond donors (Lipinski definition) is 3. The number of benzene rings is 1. The number of halogens is 1. The van der Waals surface area contributed by atoms with Crippen LogP contribution in [0, 0.1) is 12.7 Å². The number of aliphatic imine (C=N–C) groups is 1. The molecule has 1 aliphatic heterocycles. The van der Waals surface area contributed by atoms with Gasteiger partial charge in [-0.05, 0) is 50.3 Å². The van der Waals surface area contributed by atoms with Crippen LogP contribution in [0.5, 0.6) is 0 Å². The van der Waals surface area contributed by atoms with E-state index in [1.165, 1.54) is 6.07 Å². The summed E-state index contributed by atoms with van der Waals surface area (Å²) in [7, 11) is -3.39. The minimum Gasteiger partial charge on any atom is -0.377 e. The average molecular weight is 415 g/mol. The van der Waals surface area contributed by atoms with Crippen molar-refractivity contribution in [2.24, 2.45) is 4.99 Å². The Labute approximate surface area is 167 Å². The van der Waals surface area contributed by atoms with Crippen molar-refractivity contribution in [2.75, 3.05) is 32.0 Å². The molecule has 28 heavy (non-hydrogen) atoms. The fourth-order valence-electron chi connectivity index (χ4n) is 2.88. The lowest BCUT2D eigenvalue weighted by molar-refractivity contribution is 0.0200. The van der Waals surface area contributed by atoms with Crippen LogP contribution in [0.3, 0.4) is 0 Å². The Balaban J connectivity index is 1.80. The number of nitrogens with one attached hydrogen (secondary N) is 3. The summed E-state index contributed by atoms with van der Waals surface area (Å²) in [5.74, 6) is 0.226. The van der Waals surface area contributed by atoms with E-state index in [2.05, 4.69) is 20.3 Å². The summed E-state index contributed by atoms with van der Waals surface area (Å²) in [5, 5.41) is 6.10. The van der Waals surface area contributed by atoms with Gasteiger partial charge in [0.25, 0.3) is 0 Å². The SMILES string of the molecule is CCNC(=NCc1ccc(F)c(C)c1)NCCS(=O)(=O)NCC1CCCCO1. The number of nitrogens with zero attached hydrogens (tertiary/aromatic N) is 1. The predicted molar refractivity (Wildman–Crippen MR) is 109 cm³/mol. The Morgan fingerprint density at radius 1 is 1.32 bits per heavy atom. The van der Waals surface area contributed by atoms with Gasteiger partial charge < -0.3 is 15.4 Å². The van der Waals surface area contributed by atoms with Crippen molar-refractivity contribution in [1.82, 2.24) is 15.4 Å². The molecule has 1 fully saturated rings. The zero-order valence-electron chi connectivity index (χ0n) is 16.6. The molecule has 9 heteroatoms. The number of aryl methyl sites for hydroxylation is 1. The summed E-state index contributed by atoms with van der Waals surface area (Å²) in [4.78, 5) is 4.43. The highest BCUT2D eigenvalue weighted by Gasteiger charge is 2.17. The summed E-state index contributed by atoms with van der Waals surface area (Å²) < 4.78 is 45.8. The second-order valence-electron chi connectivity index (χ2n) is 6.86. The first-order chi connectivity index (χ1) is 13.4. The fourth-order valence-corrected chi connectivity index (χ4v) is 3.84. The maximum atomic E-state index is 13.3. The molecule has 0 saturated carbocycles. The van der Waals surface area contributed by atoms with Crippen LogP contribution in [-0.4, -0.2) is 52.5 Å². The van der Waals surface area contributed by atoms with E-state index in [9.17, 15) is 12.8 Å². The second kappa shape index (κ2) is 11.3. The molecule has 1 aliphatic rings. The molecule has 158 valence electrons. The molecule has 1 atom stereocenters. The van der Waals surface area contributed by atoms with E-state index >= 15 is 0 Å². The number of rotatable bonds is 9. The van der Waals surface area contributed by atoms with E-state index in [1.807, 2.05) is 6.92 Å². The van der Waals surface area contributed by atoms with E-state index in [-0.39, 0.29) is 24.2 Å². The van der Waals surface area contributed by atoms with Crippen LogP contribution in [0.1, 0.15) is 37.3 Å². The Morgan fingerprint density at radius 3 is 2.82 bits per heavy atom. The highest BCUT2D eigenvalue weighted by molar-refractivity contribution is 7.89. The van der Waals surface area contributed by atoms with Gasteiger partial charge in [-0.25, -0.2) is 22.5 Å². The van der Waals surface area contributed by atoms with Crippen molar-refractivity contribution in [1.29, 1.82) is 0 Å². The van der Waals surface area contributed by atoms with Crippen LogP contribution < -0.4 is 15.4 Å². The molecule has 0 bridgehead atoms. The molecule has 1 aromatic carbocycles. The van der Waals surface area contributed by atoms with Gasteiger partial charge in [-0.15, -0.1) is 0 Å². The van der Waals surface area contributed by atoms with Crippen LogP contribution in [0.4, 0.5) is 4.39 Å². The van der Waals surface area contributed by atoms with Crippen molar-refractivity contribution in [3.8, 4) is 0 Å². The minimum atomic E-state index is -3.39. The van der Waals surface area contributed by atoms with Gasteiger partial charge in [0.05, 0.1) is 18.4 Å². The van der Waals surface area contributed by atoms with E-state index in [1.54, 1.807) is 19.1 Å². The number of sulfonamides is 1. The van der Waals surface area contributed by atoms with Crippen molar-refractivity contribution < 1.29 is 17.5 Å². The molecular weight excluding hydrogens is 383 g/mol. The first kappa shape index (κ1) is 22.6. The van der Waals surface area contributed by atoms with Gasteiger partial charge in [0.15, 0.2) is 5.96 Å². The highest BCUT2D eigenvalue weighted by Crippen LogP contribution is 2.12. The molecule has 1 aromatic rings. The Bertz CT molecular complexity index is 750. The summed E-state index contributed by atoms with van der Waals surface area (Å²) in [6.45, 7) is 5.92. The number of hydrogen-bond acceptors (Lipinski definition) is 4. The van der Waals surface area contributed by atoms with Crippen LogP contribution in [-0.2, 0) is 21.3 Å². The molecule has 0 spiro atoms. The third kappa shape index (κ3) is 8.12. The van der Waals surface area contributed by atoms with Gasteiger partial charge in [-0.3, -0.25) is 0 Å². The lowest BCUT2D eigenvalue weighted by atomic mass is 10.1. The minimum absolute atomic E-state index is 0.0328. The molecule has 0 amide bonds. The quantitative estimate of drug-likeness (QED) is 0.422. The van der Waals surface area contributed by atoms with Crippen LogP contribution in [0.25, 0.3) is 0 Å². The molecule has 0 radical (unpaired) electrons. The summed E-state index contributed by atoms with van der Waals surface area (Å²) >= 11 is 0. The molecule has 1 heterocycles. The van der Waals surface area contributed by atoms with Crippen LogP contribution >= 0.6 is 0 Å². The molecule has 3 N–H and O–H groups in total. The van der Waals surface area contributed by atoms with Crippen molar-refractivity contribution in [2.45, 2.75) is 45.8 Å². The maximum Gasteiger partial charge on any atom is 0.213 e. The van der Waals surface area contributed by atoms with Crippen molar-refractivity contribution >= 4 is 16.0 Å². The molecule has 0 aromatic heterocycles. The molecule has 7 nitrogen and oxygen atoms in total. The molecule has 1 unspecified atom stereocenters. The van der Waals surface area contributed by atoms with Crippen molar-refractivity contribution in [3.63, 3.8) is 0 Å². The fraction of sp³-hybridized carbons (Fsp3) is 0.632. The van der Waals surface area contributed by atoms with Gasteiger partial charge in [0.1, 0.15) is 5.82 Å². The van der Waals surface area contributed by atoms with Gasteiger partial charge in [-0.2, -0.15) is 0 Å². The van der Waals surface area contributed by atoms with Gasteiger partial charge in [0, 0.05) is 26.2 Å².